The van der Waals surface area contributed by atoms with Crippen molar-refractivity contribution < 1.29 is 9.63 Å². The Morgan fingerprint density at radius 1 is 0.968 bits per heavy atom. The van der Waals surface area contributed by atoms with Crippen molar-refractivity contribution in [3.8, 4) is 11.3 Å². The van der Waals surface area contributed by atoms with Gasteiger partial charge in [-0.05, 0) is 92.6 Å². The Bertz CT molecular complexity index is 875. The zero-order valence-electron chi connectivity index (χ0n) is 19.9. The monoisotopic (exact) mass is 424 g/mol. The predicted octanol–water partition coefficient (Wildman–Crippen LogP) is 6.03. The van der Waals surface area contributed by atoms with Crippen LogP contribution >= 0.6 is 0 Å². The number of aliphatic hydroxyl groups excluding tert-OH is 1. The fourth-order valence-corrected chi connectivity index (χ4v) is 5.44. The summed E-state index contributed by atoms with van der Waals surface area (Å²) in [7, 11) is 0. The number of rotatable bonds is 7. The van der Waals surface area contributed by atoms with Crippen LogP contribution in [0.15, 0.2) is 28.8 Å². The highest BCUT2D eigenvalue weighted by Gasteiger charge is 2.37. The highest BCUT2D eigenvalue weighted by Crippen LogP contribution is 2.47. The number of nitrogens with zero attached hydrogens (tertiary/aromatic N) is 2. The predicted molar refractivity (Wildman–Crippen MR) is 127 cm³/mol. The molecule has 1 saturated heterocycles. The fraction of sp³-hybridized carbons (Fsp3) is 0.667. The topological polar surface area (TPSA) is 49.5 Å². The molecule has 0 bridgehead atoms. The molecule has 170 valence electrons. The van der Waals surface area contributed by atoms with Crippen molar-refractivity contribution in [3.63, 3.8) is 0 Å². The number of unbranched alkanes of at least 4 members (excludes halogenated alkanes) is 2. The van der Waals surface area contributed by atoms with Gasteiger partial charge in [0, 0.05) is 24.2 Å². The van der Waals surface area contributed by atoms with E-state index in [1.54, 1.807) is 0 Å². The highest BCUT2D eigenvalue weighted by molar-refractivity contribution is 5.62. The molecule has 1 aromatic carbocycles. The molecule has 1 aromatic heterocycles. The third-order valence-electron chi connectivity index (χ3n) is 7.80. The summed E-state index contributed by atoms with van der Waals surface area (Å²) in [5, 5.41) is 13.4. The van der Waals surface area contributed by atoms with Crippen LogP contribution in [0, 0.1) is 0 Å². The van der Waals surface area contributed by atoms with E-state index in [0.717, 1.165) is 62.3 Å². The van der Waals surface area contributed by atoms with Gasteiger partial charge in [0.05, 0.1) is 5.69 Å². The van der Waals surface area contributed by atoms with E-state index in [0.29, 0.717) is 12.5 Å². The molecule has 31 heavy (non-hydrogen) atoms. The van der Waals surface area contributed by atoms with Gasteiger partial charge >= 0.3 is 0 Å². The average molecular weight is 425 g/mol. The van der Waals surface area contributed by atoms with E-state index >= 15 is 0 Å². The number of piperidine rings is 1. The summed E-state index contributed by atoms with van der Waals surface area (Å²) >= 11 is 0. The maximum Gasteiger partial charge on any atom is 0.167 e. The third kappa shape index (κ3) is 4.90. The molecule has 1 aliphatic carbocycles. The molecule has 0 saturated carbocycles. The second-order valence-electron chi connectivity index (χ2n) is 11.0. The van der Waals surface area contributed by atoms with Crippen molar-refractivity contribution >= 4 is 0 Å². The molecule has 4 rings (SSSR count). The van der Waals surface area contributed by atoms with Crippen LogP contribution in [0.3, 0.4) is 0 Å². The molecular formula is C27H40N2O2. The number of likely N-dealkylation sites (tertiary alicyclic amines) is 1. The van der Waals surface area contributed by atoms with Crippen molar-refractivity contribution in [1.29, 1.82) is 0 Å². The zero-order chi connectivity index (χ0) is 22.1. The molecule has 2 aromatic rings. The molecule has 4 nitrogen and oxygen atoms in total. The van der Waals surface area contributed by atoms with E-state index in [4.69, 9.17) is 9.63 Å². The molecule has 0 spiro atoms. The normalized spacial score (nSPS) is 21.2. The highest BCUT2D eigenvalue weighted by atomic mass is 16.5. The molecular weight excluding hydrogens is 384 g/mol. The lowest BCUT2D eigenvalue weighted by molar-refractivity contribution is 0.202. The molecule has 0 radical (unpaired) electrons. The maximum atomic E-state index is 8.93. The van der Waals surface area contributed by atoms with Crippen molar-refractivity contribution in [2.75, 3.05) is 26.2 Å². The minimum atomic E-state index is 0.202. The van der Waals surface area contributed by atoms with Gasteiger partial charge < -0.3 is 14.5 Å². The Morgan fingerprint density at radius 2 is 1.68 bits per heavy atom. The molecule has 1 N–H and O–H groups in total. The van der Waals surface area contributed by atoms with Gasteiger partial charge in [-0.3, -0.25) is 0 Å². The van der Waals surface area contributed by atoms with Crippen molar-refractivity contribution in [2.24, 2.45) is 0 Å². The smallest absolute Gasteiger partial charge is 0.167 e. The summed E-state index contributed by atoms with van der Waals surface area (Å²) in [5.41, 5.74) is 5.67. The van der Waals surface area contributed by atoms with Crippen molar-refractivity contribution in [2.45, 2.75) is 89.4 Å². The minimum absolute atomic E-state index is 0.202. The lowest BCUT2D eigenvalue weighted by Crippen LogP contribution is -2.33. The molecule has 1 aliphatic heterocycles. The number of aliphatic hydroxyl groups is 1. The molecule has 1 fully saturated rings. The molecule has 2 aliphatic rings. The van der Waals surface area contributed by atoms with E-state index in [2.05, 4.69) is 62.0 Å². The third-order valence-corrected chi connectivity index (χ3v) is 7.80. The van der Waals surface area contributed by atoms with Crippen molar-refractivity contribution in [1.82, 2.24) is 10.1 Å². The largest absolute Gasteiger partial charge is 0.396 e. The lowest BCUT2D eigenvalue weighted by Gasteiger charge is -2.42. The first-order valence-electron chi connectivity index (χ1n) is 12.3. The maximum absolute atomic E-state index is 8.93. The van der Waals surface area contributed by atoms with Crippen LogP contribution < -0.4 is 0 Å². The van der Waals surface area contributed by atoms with Gasteiger partial charge in [-0.2, -0.15) is 0 Å². The van der Waals surface area contributed by atoms with Crippen LogP contribution in [0.4, 0.5) is 0 Å². The summed E-state index contributed by atoms with van der Waals surface area (Å²) in [6.07, 6.45) is 7.99. The van der Waals surface area contributed by atoms with Crippen LogP contribution in [0.5, 0.6) is 0 Å². The van der Waals surface area contributed by atoms with Crippen LogP contribution in [-0.4, -0.2) is 41.4 Å². The molecule has 0 amide bonds. The van der Waals surface area contributed by atoms with Gasteiger partial charge in [0.25, 0.3) is 0 Å². The second kappa shape index (κ2) is 9.07. The Balaban J connectivity index is 1.43. The van der Waals surface area contributed by atoms with E-state index in [1.807, 2.05) is 0 Å². The lowest BCUT2D eigenvalue weighted by atomic mass is 9.63. The van der Waals surface area contributed by atoms with E-state index in [1.165, 1.54) is 30.4 Å². The van der Waals surface area contributed by atoms with Crippen LogP contribution in [0.1, 0.15) is 95.4 Å². The first kappa shape index (κ1) is 22.5. The summed E-state index contributed by atoms with van der Waals surface area (Å²) in [5.74, 6) is 1.41. The minimum Gasteiger partial charge on any atom is -0.396 e. The first-order valence-corrected chi connectivity index (χ1v) is 12.3. The van der Waals surface area contributed by atoms with Crippen molar-refractivity contribution in [3.05, 3.63) is 41.1 Å². The Kier molecular flexibility index (Phi) is 6.60. The molecule has 4 heteroatoms. The van der Waals surface area contributed by atoms with Gasteiger partial charge in [0.2, 0.25) is 0 Å². The van der Waals surface area contributed by atoms with Gasteiger partial charge in [-0.15, -0.1) is 0 Å². The summed E-state index contributed by atoms with van der Waals surface area (Å²) in [6, 6.07) is 9.09. The number of aromatic nitrogens is 1. The fourth-order valence-electron chi connectivity index (χ4n) is 5.44. The molecule has 2 heterocycles. The van der Waals surface area contributed by atoms with E-state index in [-0.39, 0.29) is 10.8 Å². The number of hydrogen-bond donors (Lipinski definition) is 1. The Labute approximate surface area is 188 Å². The first-order chi connectivity index (χ1) is 14.8. The van der Waals surface area contributed by atoms with Crippen LogP contribution in [0.2, 0.25) is 0 Å². The van der Waals surface area contributed by atoms with Gasteiger partial charge in [0.15, 0.2) is 5.76 Å². The van der Waals surface area contributed by atoms with Gasteiger partial charge in [-0.1, -0.05) is 45.0 Å². The van der Waals surface area contributed by atoms with E-state index < -0.39 is 0 Å². The average Bonchev–Trinajstić information content (AvgIpc) is 3.25. The second-order valence-corrected chi connectivity index (χ2v) is 11.0. The summed E-state index contributed by atoms with van der Waals surface area (Å²) in [6.45, 7) is 13.2. The summed E-state index contributed by atoms with van der Waals surface area (Å²) in [4.78, 5) is 2.56. The zero-order valence-corrected chi connectivity index (χ0v) is 19.9. The standard InChI is InChI=1S/C27H40N2O2/c1-26(2)12-13-27(3,4)23-18-21(8-9-22(23)26)25-19-24(28-31-25)20-10-15-29(16-11-20)14-6-5-7-17-30/h8-9,18-20,30H,5-7,10-17H2,1-4H3. The van der Waals surface area contributed by atoms with E-state index in [9.17, 15) is 0 Å². The van der Waals surface area contributed by atoms with Crippen LogP contribution in [0.25, 0.3) is 11.3 Å². The molecule has 0 atom stereocenters. The SMILES string of the molecule is CC1(C)CCC(C)(C)c2cc(-c3cc(C4CCN(CCCCCO)CC4)no3)ccc21. The Hall–Kier alpha value is -1.65. The quantitative estimate of drug-likeness (QED) is 0.551. The number of benzene rings is 1. The number of hydrogen-bond acceptors (Lipinski definition) is 4. The van der Waals surface area contributed by atoms with Gasteiger partial charge in [-0.25, -0.2) is 0 Å². The Morgan fingerprint density at radius 3 is 2.39 bits per heavy atom. The van der Waals surface area contributed by atoms with Gasteiger partial charge in [0.1, 0.15) is 0 Å². The summed E-state index contributed by atoms with van der Waals surface area (Å²) < 4.78 is 5.85. The number of fused-ring (bicyclic) bond motifs is 1. The van der Waals surface area contributed by atoms with Crippen LogP contribution in [-0.2, 0) is 10.8 Å². The molecule has 0 unspecified atom stereocenters.